The standard InChI is InChI=1S/C19H18N6O2/c1-11-3-4-15(20-6-11)16-5-14-18(17(24-16)13-7-22-23-8-13)21-10-25(19(14)27)12(2)9-26/h3-8,10,12,26H,9H2,1-2H3,(H,22,23)/t12-/m0/s1. The van der Waals surface area contributed by atoms with Crippen molar-refractivity contribution in [2.45, 2.75) is 19.9 Å². The molecule has 0 spiro atoms. The average molecular weight is 362 g/mol. The first-order chi connectivity index (χ1) is 13.1. The molecule has 0 unspecified atom stereocenters. The number of nitrogens with one attached hydrogen (secondary N) is 1. The van der Waals surface area contributed by atoms with Crippen LogP contribution in [0.2, 0.25) is 0 Å². The highest BCUT2D eigenvalue weighted by Crippen LogP contribution is 2.27. The Hall–Kier alpha value is -3.39. The number of nitrogens with zero attached hydrogens (tertiary/aromatic N) is 5. The van der Waals surface area contributed by atoms with Crippen molar-refractivity contribution in [3.05, 3.63) is 59.0 Å². The number of fused-ring (bicyclic) bond motifs is 1. The Morgan fingerprint density at radius 2 is 2.07 bits per heavy atom. The molecule has 4 aromatic heterocycles. The number of aryl methyl sites for hydroxylation is 1. The van der Waals surface area contributed by atoms with E-state index in [1.54, 1.807) is 31.6 Å². The SMILES string of the molecule is Cc1ccc(-c2cc3c(=O)n([C@@H](C)CO)cnc3c(-c3cn[nH]c3)n2)nc1. The van der Waals surface area contributed by atoms with Crippen LogP contribution in [0.5, 0.6) is 0 Å². The summed E-state index contributed by atoms with van der Waals surface area (Å²) in [4.78, 5) is 26.6. The summed E-state index contributed by atoms with van der Waals surface area (Å²) in [5, 5.41) is 16.6. The van der Waals surface area contributed by atoms with Crippen LogP contribution in [0, 0.1) is 6.92 Å². The van der Waals surface area contributed by atoms with Gasteiger partial charge in [-0.3, -0.25) is 19.4 Å². The quantitative estimate of drug-likeness (QED) is 0.575. The summed E-state index contributed by atoms with van der Waals surface area (Å²) in [6, 6.07) is 5.14. The molecule has 4 rings (SSSR count). The molecule has 0 aromatic carbocycles. The summed E-state index contributed by atoms with van der Waals surface area (Å²) in [6.45, 7) is 3.56. The summed E-state index contributed by atoms with van der Waals surface area (Å²) in [5.74, 6) is 0. The zero-order valence-corrected chi connectivity index (χ0v) is 14.9. The number of hydrogen-bond donors (Lipinski definition) is 2. The van der Waals surface area contributed by atoms with Crippen molar-refractivity contribution < 1.29 is 5.11 Å². The minimum atomic E-state index is -0.374. The third-order valence-corrected chi connectivity index (χ3v) is 4.45. The van der Waals surface area contributed by atoms with Crippen LogP contribution in [0.25, 0.3) is 33.5 Å². The first-order valence-electron chi connectivity index (χ1n) is 8.53. The summed E-state index contributed by atoms with van der Waals surface area (Å²) in [5.41, 5.74) is 3.81. The zero-order chi connectivity index (χ0) is 19.0. The Balaban J connectivity index is 2.04. The molecule has 2 N–H and O–H groups in total. The van der Waals surface area contributed by atoms with Crippen LogP contribution in [-0.4, -0.2) is 41.4 Å². The molecule has 0 saturated carbocycles. The predicted octanol–water partition coefficient (Wildman–Crippen LogP) is 2.11. The summed E-state index contributed by atoms with van der Waals surface area (Å²) < 4.78 is 1.42. The van der Waals surface area contributed by atoms with Gasteiger partial charge in [0.2, 0.25) is 0 Å². The van der Waals surface area contributed by atoms with Gasteiger partial charge in [-0.1, -0.05) is 6.07 Å². The third-order valence-electron chi connectivity index (χ3n) is 4.45. The van der Waals surface area contributed by atoms with Gasteiger partial charge < -0.3 is 5.11 Å². The molecule has 0 aliphatic rings. The highest BCUT2D eigenvalue weighted by atomic mass is 16.3. The lowest BCUT2D eigenvalue weighted by Crippen LogP contribution is -2.25. The Morgan fingerprint density at radius 3 is 2.74 bits per heavy atom. The monoisotopic (exact) mass is 362 g/mol. The van der Waals surface area contributed by atoms with Crippen LogP contribution in [0.1, 0.15) is 18.5 Å². The molecule has 0 saturated heterocycles. The van der Waals surface area contributed by atoms with Gasteiger partial charge in [0.15, 0.2) is 0 Å². The zero-order valence-electron chi connectivity index (χ0n) is 14.9. The van der Waals surface area contributed by atoms with Gasteiger partial charge in [-0.25, -0.2) is 9.97 Å². The smallest absolute Gasteiger partial charge is 0.261 e. The van der Waals surface area contributed by atoms with E-state index in [0.717, 1.165) is 11.1 Å². The maximum Gasteiger partial charge on any atom is 0.261 e. The fourth-order valence-electron chi connectivity index (χ4n) is 2.88. The molecule has 8 heteroatoms. The van der Waals surface area contributed by atoms with E-state index in [1.165, 1.54) is 10.9 Å². The van der Waals surface area contributed by atoms with E-state index in [1.807, 2.05) is 19.1 Å². The topological polar surface area (TPSA) is 110 Å². The number of aliphatic hydroxyl groups is 1. The van der Waals surface area contributed by atoms with E-state index in [0.29, 0.717) is 28.0 Å². The number of pyridine rings is 2. The highest BCUT2D eigenvalue weighted by molar-refractivity contribution is 5.93. The van der Waals surface area contributed by atoms with Crippen molar-refractivity contribution in [3.63, 3.8) is 0 Å². The van der Waals surface area contributed by atoms with E-state index in [9.17, 15) is 9.90 Å². The maximum atomic E-state index is 13.0. The molecule has 0 aliphatic carbocycles. The fraction of sp³-hybridized carbons (Fsp3) is 0.211. The highest BCUT2D eigenvalue weighted by Gasteiger charge is 2.17. The maximum absolute atomic E-state index is 13.0. The Morgan fingerprint density at radius 1 is 1.22 bits per heavy atom. The first-order valence-corrected chi connectivity index (χ1v) is 8.53. The molecule has 0 bridgehead atoms. The lowest BCUT2D eigenvalue weighted by Gasteiger charge is -2.14. The molecule has 0 amide bonds. The minimum Gasteiger partial charge on any atom is -0.394 e. The van der Waals surface area contributed by atoms with Gasteiger partial charge in [0.1, 0.15) is 11.2 Å². The van der Waals surface area contributed by atoms with Crippen LogP contribution >= 0.6 is 0 Å². The van der Waals surface area contributed by atoms with Crippen molar-refractivity contribution in [3.8, 4) is 22.6 Å². The number of H-pyrrole nitrogens is 1. The molecule has 27 heavy (non-hydrogen) atoms. The normalized spacial score (nSPS) is 12.4. The predicted molar refractivity (Wildman–Crippen MR) is 101 cm³/mol. The van der Waals surface area contributed by atoms with E-state index in [4.69, 9.17) is 4.98 Å². The summed E-state index contributed by atoms with van der Waals surface area (Å²) >= 11 is 0. The van der Waals surface area contributed by atoms with Gasteiger partial charge in [-0.2, -0.15) is 5.10 Å². The van der Waals surface area contributed by atoms with Crippen molar-refractivity contribution in [1.29, 1.82) is 0 Å². The van der Waals surface area contributed by atoms with Gasteiger partial charge in [0.25, 0.3) is 5.56 Å². The fourth-order valence-corrected chi connectivity index (χ4v) is 2.88. The molecular formula is C19H18N6O2. The second-order valence-electron chi connectivity index (χ2n) is 6.45. The van der Waals surface area contributed by atoms with Crippen molar-refractivity contribution in [2.75, 3.05) is 6.61 Å². The van der Waals surface area contributed by atoms with Gasteiger partial charge in [-0.05, 0) is 31.5 Å². The molecule has 0 fully saturated rings. The molecule has 4 aromatic rings. The van der Waals surface area contributed by atoms with Crippen LogP contribution in [0.3, 0.4) is 0 Å². The van der Waals surface area contributed by atoms with Gasteiger partial charge in [0.05, 0.1) is 41.9 Å². The molecule has 0 radical (unpaired) electrons. The molecule has 0 aliphatic heterocycles. The molecule has 8 nitrogen and oxygen atoms in total. The summed E-state index contributed by atoms with van der Waals surface area (Å²) in [6.07, 6.45) is 6.55. The van der Waals surface area contributed by atoms with Crippen LogP contribution in [-0.2, 0) is 0 Å². The lowest BCUT2D eigenvalue weighted by molar-refractivity contribution is 0.236. The average Bonchev–Trinajstić information content (AvgIpc) is 3.22. The van der Waals surface area contributed by atoms with Crippen molar-refractivity contribution >= 4 is 10.9 Å². The number of hydrogen-bond acceptors (Lipinski definition) is 6. The number of rotatable bonds is 4. The van der Waals surface area contributed by atoms with Gasteiger partial charge in [-0.15, -0.1) is 0 Å². The van der Waals surface area contributed by atoms with E-state index in [-0.39, 0.29) is 18.2 Å². The second-order valence-corrected chi connectivity index (χ2v) is 6.45. The molecule has 4 heterocycles. The molecule has 136 valence electrons. The van der Waals surface area contributed by atoms with Gasteiger partial charge in [0, 0.05) is 18.0 Å². The third kappa shape index (κ3) is 3.00. The van der Waals surface area contributed by atoms with Crippen LogP contribution in [0.4, 0.5) is 0 Å². The van der Waals surface area contributed by atoms with Crippen LogP contribution in [0.15, 0.2) is 47.9 Å². The van der Waals surface area contributed by atoms with Crippen molar-refractivity contribution in [1.82, 2.24) is 29.7 Å². The number of aromatic nitrogens is 6. The molecular weight excluding hydrogens is 344 g/mol. The Kier molecular flexibility index (Phi) is 4.25. The minimum absolute atomic E-state index is 0.154. The van der Waals surface area contributed by atoms with Crippen molar-refractivity contribution in [2.24, 2.45) is 0 Å². The first kappa shape index (κ1) is 17.0. The van der Waals surface area contributed by atoms with Gasteiger partial charge >= 0.3 is 0 Å². The molecule has 1 atom stereocenters. The Bertz CT molecular complexity index is 1150. The van der Waals surface area contributed by atoms with E-state index >= 15 is 0 Å². The van der Waals surface area contributed by atoms with Crippen LogP contribution < -0.4 is 5.56 Å². The Labute approximate surface area is 154 Å². The largest absolute Gasteiger partial charge is 0.394 e. The van der Waals surface area contributed by atoms with E-state index in [2.05, 4.69) is 20.2 Å². The number of aromatic amines is 1. The second kappa shape index (κ2) is 6.73. The summed E-state index contributed by atoms with van der Waals surface area (Å²) in [7, 11) is 0. The van der Waals surface area contributed by atoms with E-state index < -0.39 is 0 Å². The lowest BCUT2D eigenvalue weighted by atomic mass is 10.1. The number of aliphatic hydroxyl groups excluding tert-OH is 1.